The summed E-state index contributed by atoms with van der Waals surface area (Å²) < 4.78 is 0. The van der Waals surface area contributed by atoms with Crippen LogP contribution in [0.3, 0.4) is 0 Å². The second-order valence-corrected chi connectivity index (χ2v) is 6.71. The molecule has 106 valence electrons. The molecular formula is C14H27NO2S. The first kappa shape index (κ1) is 15.8. The zero-order chi connectivity index (χ0) is 13.4. The average molecular weight is 273 g/mol. The zero-order valence-corrected chi connectivity index (χ0v) is 12.5. The van der Waals surface area contributed by atoms with Gasteiger partial charge in [0.2, 0.25) is 5.91 Å². The summed E-state index contributed by atoms with van der Waals surface area (Å²) in [6.45, 7) is 4.75. The van der Waals surface area contributed by atoms with Gasteiger partial charge in [-0.3, -0.25) is 4.79 Å². The van der Waals surface area contributed by atoms with Crippen molar-refractivity contribution in [3.63, 3.8) is 0 Å². The molecule has 0 aromatic heterocycles. The van der Waals surface area contributed by atoms with Crippen LogP contribution in [0.1, 0.15) is 52.4 Å². The first-order valence-corrected chi connectivity index (χ1v) is 8.28. The van der Waals surface area contributed by atoms with Crippen LogP contribution >= 0.6 is 11.8 Å². The van der Waals surface area contributed by atoms with Crippen LogP contribution in [0.15, 0.2) is 0 Å². The fourth-order valence-corrected chi connectivity index (χ4v) is 3.44. The Morgan fingerprint density at radius 2 is 2.33 bits per heavy atom. The Morgan fingerprint density at radius 3 is 3.00 bits per heavy atom. The Labute approximate surface area is 115 Å². The van der Waals surface area contributed by atoms with E-state index in [1.165, 1.54) is 19.3 Å². The van der Waals surface area contributed by atoms with E-state index >= 15 is 0 Å². The summed E-state index contributed by atoms with van der Waals surface area (Å²) in [7, 11) is 0. The number of carbonyl (C=O) groups excluding carboxylic acids is 1. The number of amides is 1. The first-order chi connectivity index (χ1) is 8.56. The molecule has 0 radical (unpaired) electrons. The molecule has 0 aliphatic heterocycles. The Balaban J connectivity index is 2.16. The van der Waals surface area contributed by atoms with Gasteiger partial charge < -0.3 is 10.4 Å². The minimum Gasteiger partial charge on any atom is -0.388 e. The lowest BCUT2D eigenvalue weighted by molar-refractivity contribution is -0.120. The smallest absolute Gasteiger partial charge is 0.230 e. The highest BCUT2D eigenvalue weighted by atomic mass is 32.2. The summed E-state index contributed by atoms with van der Waals surface area (Å²) in [6.07, 6.45) is 6.24. The molecular weight excluding hydrogens is 246 g/mol. The van der Waals surface area contributed by atoms with E-state index in [1.54, 1.807) is 11.8 Å². The summed E-state index contributed by atoms with van der Waals surface area (Å²) >= 11 is 1.68. The third-order valence-corrected chi connectivity index (χ3v) is 4.60. The minimum atomic E-state index is -0.665. The van der Waals surface area contributed by atoms with Gasteiger partial charge in [-0.15, -0.1) is 0 Å². The normalized spacial score (nSPS) is 28.1. The van der Waals surface area contributed by atoms with Crippen LogP contribution in [0.4, 0.5) is 0 Å². The fourth-order valence-electron chi connectivity index (χ4n) is 2.52. The van der Waals surface area contributed by atoms with E-state index in [-0.39, 0.29) is 5.91 Å². The van der Waals surface area contributed by atoms with E-state index in [0.717, 1.165) is 25.0 Å². The number of thioether (sulfide) groups is 1. The van der Waals surface area contributed by atoms with Gasteiger partial charge in [-0.05, 0) is 30.9 Å². The molecule has 1 rings (SSSR count). The van der Waals surface area contributed by atoms with Crippen LogP contribution in [0.5, 0.6) is 0 Å². The molecule has 3 nitrogen and oxygen atoms in total. The second-order valence-electron chi connectivity index (χ2n) is 5.61. The summed E-state index contributed by atoms with van der Waals surface area (Å²) in [5.41, 5.74) is -0.665. The quantitative estimate of drug-likeness (QED) is 0.701. The van der Waals surface area contributed by atoms with Crippen LogP contribution in [0.2, 0.25) is 0 Å². The molecule has 0 saturated heterocycles. The molecule has 2 unspecified atom stereocenters. The van der Waals surface area contributed by atoms with Crippen LogP contribution < -0.4 is 5.32 Å². The van der Waals surface area contributed by atoms with Gasteiger partial charge >= 0.3 is 0 Å². The molecule has 1 saturated carbocycles. The van der Waals surface area contributed by atoms with Crippen molar-refractivity contribution < 1.29 is 9.90 Å². The molecule has 1 aliphatic carbocycles. The molecule has 0 spiro atoms. The highest BCUT2D eigenvalue weighted by Crippen LogP contribution is 2.31. The number of aliphatic hydroxyl groups is 1. The Kier molecular flexibility index (Phi) is 7.08. The van der Waals surface area contributed by atoms with E-state index in [4.69, 9.17) is 0 Å². The predicted octanol–water partition coefficient (Wildman–Crippen LogP) is 2.58. The van der Waals surface area contributed by atoms with Gasteiger partial charge in [-0.1, -0.05) is 33.1 Å². The lowest BCUT2D eigenvalue weighted by Crippen LogP contribution is -2.46. The lowest BCUT2D eigenvalue weighted by atomic mass is 9.79. The van der Waals surface area contributed by atoms with Crippen molar-refractivity contribution in [2.75, 3.05) is 18.1 Å². The van der Waals surface area contributed by atoms with Gasteiger partial charge in [0.25, 0.3) is 0 Å². The molecule has 2 atom stereocenters. The van der Waals surface area contributed by atoms with Crippen LogP contribution in [-0.2, 0) is 4.79 Å². The highest BCUT2D eigenvalue weighted by molar-refractivity contribution is 7.99. The molecule has 0 aromatic carbocycles. The molecule has 0 bridgehead atoms. The lowest BCUT2D eigenvalue weighted by Gasteiger charge is -2.35. The van der Waals surface area contributed by atoms with Crippen molar-refractivity contribution in [3.8, 4) is 0 Å². The number of rotatable bonds is 7. The van der Waals surface area contributed by atoms with E-state index in [1.807, 2.05) is 0 Å². The first-order valence-electron chi connectivity index (χ1n) is 7.12. The number of carbonyl (C=O) groups is 1. The number of hydrogen-bond donors (Lipinski definition) is 2. The molecule has 0 heterocycles. The van der Waals surface area contributed by atoms with Gasteiger partial charge in [-0.2, -0.15) is 11.8 Å². The molecule has 1 aliphatic rings. The number of nitrogens with one attached hydrogen (secondary N) is 1. The van der Waals surface area contributed by atoms with Crippen molar-refractivity contribution >= 4 is 17.7 Å². The molecule has 4 heteroatoms. The van der Waals surface area contributed by atoms with Gasteiger partial charge in [0.15, 0.2) is 0 Å². The number of unbranched alkanes of at least 4 members (excludes halogenated alkanes) is 1. The van der Waals surface area contributed by atoms with Crippen LogP contribution in [-0.4, -0.2) is 34.7 Å². The predicted molar refractivity (Wildman–Crippen MR) is 77.8 cm³/mol. The summed E-state index contributed by atoms with van der Waals surface area (Å²) in [6, 6.07) is 0. The molecule has 1 fully saturated rings. The van der Waals surface area contributed by atoms with E-state index < -0.39 is 5.60 Å². The summed E-state index contributed by atoms with van der Waals surface area (Å²) in [5, 5.41) is 13.3. The second kappa shape index (κ2) is 8.05. The monoisotopic (exact) mass is 273 g/mol. The summed E-state index contributed by atoms with van der Waals surface area (Å²) in [4.78, 5) is 11.6. The van der Waals surface area contributed by atoms with E-state index in [9.17, 15) is 9.90 Å². The Morgan fingerprint density at radius 1 is 1.56 bits per heavy atom. The molecule has 18 heavy (non-hydrogen) atoms. The maximum absolute atomic E-state index is 11.6. The maximum atomic E-state index is 11.6. The average Bonchev–Trinajstić information content (AvgIpc) is 2.32. The van der Waals surface area contributed by atoms with Crippen LogP contribution in [0.25, 0.3) is 0 Å². The van der Waals surface area contributed by atoms with Crippen molar-refractivity contribution in [3.05, 3.63) is 0 Å². The number of hydrogen-bond acceptors (Lipinski definition) is 3. The third-order valence-electron chi connectivity index (χ3n) is 3.56. The highest BCUT2D eigenvalue weighted by Gasteiger charge is 2.32. The van der Waals surface area contributed by atoms with Crippen LogP contribution in [0, 0.1) is 5.92 Å². The molecule has 2 N–H and O–H groups in total. The minimum absolute atomic E-state index is 0.0581. The van der Waals surface area contributed by atoms with Crippen molar-refractivity contribution in [2.45, 2.75) is 58.0 Å². The topological polar surface area (TPSA) is 49.3 Å². The zero-order valence-electron chi connectivity index (χ0n) is 11.7. The van der Waals surface area contributed by atoms with Crippen molar-refractivity contribution in [1.29, 1.82) is 0 Å². The van der Waals surface area contributed by atoms with Gasteiger partial charge in [-0.25, -0.2) is 0 Å². The van der Waals surface area contributed by atoms with Gasteiger partial charge in [0.05, 0.1) is 11.4 Å². The summed E-state index contributed by atoms with van der Waals surface area (Å²) in [5.74, 6) is 2.19. The Hall–Kier alpha value is -0.220. The Bertz CT molecular complexity index is 260. The molecule has 1 amide bonds. The third kappa shape index (κ3) is 6.10. The van der Waals surface area contributed by atoms with Gasteiger partial charge in [0, 0.05) is 6.54 Å². The maximum Gasteiger partial charge on any atom is 0.230 e. The van der Waals surface area contributed by atoms with Crippen molar-refractivity contribution in [1.82, 2.24) is 5.32 Å². The van der Waals surface area contributed by atoms with E-state index in [0.29, 0.717) is 18.2 Å². The standard InChI is InChI=1S/C14H27NO2S/c1-3-4-8-18-10-13(16)15-11-14(17)7-5-6-12(2)9-14/h12,17H,3-11H2,1-2H3,(H,15,16). The SMILES string of the molecule is CCCCSCC(=O)NCC1(O)CCCC(C)C1. The van der Waals surface area contributed by atoms with Crippen molar-refractivity contribution in [2.24, 2.45) is 5.92 Å². The van der Waals surface area contributed by atoms with E-state index in [2.05, 4.69) is 19.2 Å². The largest absolute Gasteiger partial charge is 0.388 e. The fraction of sp³-hybridized carbons (Fsp3) is 0.929. The van der Waals surface area contributed by atoms with Gasteiger partial charge in [0.1, 0.15) is 0 Å². The molecule has 0 aromatic rings.